The number of carboxylic acid groups (broad SMARTS) is 6. The highest BCUT2D eigenvalue weighted by Gasteiger charge is 2.36. The number of anilines is 2. The summed E-state index contributed by atoms with van der Waals surface area (Å²) < 4.78 is 0. The van der Waals surface area contributed by atoms with Gasteiger partial charge in [-0.05, 0) is 225 Å². The Morgan fingerprint density at radius 2 is 1.05 bits per heavy atom. The summed E-state index contributed by atoms with van der Waals surface area (Å²) in [6, 6.07) is 17.9. The zero-order valence-electron chi connectivity index (χ0n) is 77.0. The first-order valence-corrected chi connectivity index (χ1v) is 42.4. The predicted molar refractivity (Wildman–Crippen MR) is 486 cm³/mol. The van der Waals surface area contributed by atoms with Crippen molar-refractivity contribution < 1.29 is 127 Å². The smallest absolute Gasteiger partial charge is 0.333 e. The maximum atomic E-state index is 11.6. The maximum absolute atomic E-state index is 11.6. The normalized spacial score (nSPS) is 18.1. The fraction of sp³-hybridized carbons (Fsp3) is 0.510. The molecule has 7 unspecified atom stereocenters. The second-order valence-corrected chi connectivity index (χ2v) is 32.3. The van der Waals surface area contributed by atoms with Crippen LogP contribution in [-0.4, -0.2) is 161 Å². The second-order valence-electron chi connectivity index (χ2n) is 32.3. The average molecular weight is 1760 g/mol. The van der Waals surface area contributed by atoms with Crippen molar-refractivity contribution in [2.45, 2.75) is 272 Å². The van der Waals surface area contributed by atoms with Crippen molar-refractivity contribution in [2.24, 2.45) is 41.4 Å². The monoisotopic (exact) mass is 1760 g/mol. The molecule has 1 saturated heterocycles. The number of carbonyl (C=O) groups excluding carboxylic acids is 12. The number of nitrogens with zero attached hydrogens (tertiary/aromatic N) is 2. The highest BCUT2D eigenvalue weighted by Crippen LogP contribution is 2.27. The van der Waals surface area contributed by atoms with Crippen molar-refractivity contribution in [1.29, 1.82) is 0 Å². The van der Waals surface area contributed by atoms with Crippen LogP contribution in [0.25, 0.3) is 0 Å². The number of amides is 4. The minimum Gasteiger partial charge on any atom is -0.481 e. The Hall–Kier alpha value is -11.5. The summed E-state index contributed by atoms with van der Waals surface area (Å²) in [7, 11) is 0. The number of imide groups is 2. The van der Waals surface area contributed by atoms with Crippen LogP contribution in [0.2, 0.25) is 0 Å². The molecule has 0 radical (unpaired) electrons. The summed E-state index contributed by atoms with van der Waals surface area (Å²) in [4.78, 5) is 191. The van der Waals surface area contributed by atoms with E-state index in [9.17, 15) is 86.3 Å². The zero-order valence-corrected chi connectivity index (χ0v) is 77.0. The third-order valence-electron chi connectivity index (χ3n) is 19.1. The van der Waals surface area contributed by atoms with Gasteiger partial charge in [0.1, 0.15) is 29.9 Å². The number of benzene rings is 2. The van der Waals surface area contributed by atoms with Crippen molar-refractivity contribution in [2.75, 3.05) is 23.0 Å². The Kier molecular flexibility index (Phi) is 67.8. The van der Waals surface area contributed by atoms with Crippen LogP contribution < -0.4 is 9.80 Å². The molecule has 2 aliphatic heterocycles. The van der Waals surface area contributed by atoms with E-state index in [1.807, 2.05) is 65.0 Å². The topological polar surface area (TPSA) is 476 Å². The molecule has 3 saturated carbocycles. The number of allylic oxidation sites excluding steroid dienone is 12. The van der Waals surface area contributed by atoms with Crippen LogP contribution in [-0.2, 0) is 86.3 Å². The highest BCUT2D eigenvalue weighted by atomic mass is 16.4. The number of rotatable bonds is 20. The Balaban J connectivity index is -0.000000641. The van der Waals surface area contributed by atoms with Gasteiger partial charge >= 0.3 is 35.8 Å². The van der Waals surface area contributed by atoms with E-state index < -0.39 is 54.3 Å². The van der Waals surface area contributed by atoms with Crippen LogP contribution in [0.1, 0.15) is 272 Å². The van der Waals surface area contributed by atoms with Gasteiger partial charge in [0, 0.05) is 99.3 Å². The second kappa shape index (κ2) is 70.7. The van der Waals surface area contributed by atoms with Gasteiger partial charge < -0.3 is 45.6 Å². The van der Waals surface area contributed by atoms with Crippen LogP contribution in [0.3, 0.4) is 0 Å². The SMILES string of the molecule is C/C(=C/C(=O)O)C(=O)O.C=C(CO)C(=O)O.CC(C)=CCC/C(C)=C\C=O.CC(C)=CCCC(C)CC=O.CC(CC(=O)O)C(=O)O.CC(CO)C(=O)O.CC1=CC(=O)CC1.CC1=CC(=O)CCC1.CC1=CC(=O)N(c2ccccc2)C1=O.CC1=CCCC1=O.CC1CC(=O)N(c2ccccc2)C1=O.CC1CCC(=O)C1.CC1CCCC(=O)C1.CC1CCCC1=O. The molecular formula is C98H140N2O26. The number of aldehydes is 2. The average Bonchev–Trinajstić information content (AvgIpc) is 1.68. The van der Waals surface area contributed by atoms with Crippen molar-refractivity contribution >= 4 is 118 Å². The van der Waals surface area contributed by atoms with Gasteiger partial charge in [0.15, 0.2) is 17.3 Å². The van der Waals surface area contributed by atoms with Crippen molar-refractivity contribution in [3.63, 3.8) is 0 Å². The Labute approximate surface area is 743 Å². The Morgan fingerprint density at radius 1 is 0.540 bits per heavy atom. The number of ketones is 6. The number of carbonyl (C=O) groups is 18. The summed E-state index contributed by atoms with van der Waals surface area (Å²) in [5, 5.41) is 64.4. The number of Topliss-reactive ketones (excluding diaryl/α,β-unsaturated/α-hetero) is 4. The molecule has 126 heavy (non-hydrogen) atoms. The van der Waals surface area contributed by atoms with Gasteiger partial charge in [-0.1, -0.05) is 131 Å². The van der Waals surface area contributed by atoms with Crippen molar-refractivity contribution in [3.05, 3.63) is 166 Å². The summed E-state index contributed by atoms with van der Waals surface area (Å²) in [6.07, 6.45) is 36.6. The number of aliphatic hydroxyl groups excluding tert-OH is 2. The van der Waals surface area contributed by atoms with E-state index >= 15 is 0 Å². The van der Waals surface area contributed by atoms with E-state index in [0.717, 1.165) is 152 Å². The Morgan fingerprint density at radius 3 is 1.31 bits per heavy atom. The Bertz CT molecular complexity index is 4100. The van der Waals surface area contributed by atoms with Gasteiger partial charge in [0.25, 0.3) is 11.8 Å². The van der Waals surface area contributed by atoms with Crippen LogP contribution in [0.4, 0.5) is 11.4 Å². The number of aliphatic hydroxyl groups is 2. The first kappa shape index (κ1) is 121. The molecule has 698 valence electrons. The minimum absolute atomic E-state index is 0.0961. The summed E-state index contributed by atoms with van der Waals surface area (Å²) >= 11 is 0. The molecule has 4 fully saturated rings. The van der Waals surface area contributed by atoms with E-state index in [1.54, 1.807) is 68.5 Å². The van der Waals surface area contributed by atoms with Gasteiger partial charge in [-0.25, -0.2) is 19.3 Å². The first-order chi connectivity index (χ1) is 58.9. The lowest BCUT2D eigenvalue weighted by molar-refractivity contribution is -0.147. The fourth-order valence-corrected chi connectivity index (χ4v) is 11.2. The van der Waals surface area contributed by atoms with E-state index in [1.165, 1.54) is 65.4 Å². The number of carboxylic acids is 6. The largest absolute Gasteiger partial charge is 0.481 e. The third-order valence-corrected chi connectivity index (χ3v) is 19.1. The van der Waals surface area contributed by atoms with Gasteiger partial charge in [-0.2, -0.15) is 0 Å². The van der Waals surface area contributed by atoms with Crippen molar-refractivity contribution in [3.8, 4) is 0 Å². The number of hydrogen-bond donors (Lipinski definition) is 8. The lowest BCUT2D eigenvalue weighted by Crippen LogP contribution is -2.30. The number of aliphatic carboxylic acids is 6. The minimum atomic E-state index is -1.24. The fourth-order valence-electron chi connectivity index (χ4n) is 11.2. The quantitative estimate of drug-likeness (QED) is 0.0264. The van der Waals surface area contributed by atoms with Gasteiger partial charge in [0.2, 0.25) is 11.8 Å². The van der Waals surface area contributed by atoms with Gasteiger partial charge in [0.05, 0.1) is 48.4 Å². The number of para-hydroxylation sites is 2. The lowest BCUT2D eigenvalue weighted by Gasteiger charge is -2.14. The molecule has 2 aromatic carbocycles. The molecule has 7 atom stereocenters. The molecule has 2 heterocycles. The standard InChI is InChI=1S/C11H11NO2.C11H9NO2.C10H18O.C10H16O.C7H12O.C7H10O.C6H10O.C6H8O.C6H10O.C6H8O.C5H8O4.C5H6O4.C4H8O3.C4H6O3/c2*1-8-7-10(13)12(11(8)14)9-5-3-2-4-6-9;2*1-9(2)5-4-6-10(3)7-8-11;2*1-6-3-2-4-7(8)5-6;2*1-5-2-3-6(7)4-5;2*1-5-3-2-4-6(5)7;2*1-3(5(8)9)2-4(6)7;2*1-3(2-5)4(6)7/h2-6,8H,7H2,1H3;2-7H,1H3;5,8,10H,4,6-7H2,1-3H3;5,7-8H,4,6H2,1-3H3;6H,2-5H2,1H3;5H,2-4H2,1H3;5H,2-4H2,1H3;4H,2-3H2,1H3;5H,2-4H2,1H3;3H,2,4H2,1H3;3H,2H2,1H3,(H,6,7)(H,8,9);2H,1H3,(H,6,7)(H,8,9);3,5H,2H2,1H3,(H,6,7);5H,1-2H2,(H,6,7)/b;;;10-7-;;;;;;;;3-2-;;. The first-order valence-electron chi connectivity index (χ1n) is 42.4. The van der Waals surface area contributed by atoms with Crippen LogP contribution in [0, 0.1) is 41.4 Å². The molecule has 8 N–H and O–H groups in total. The molecule has 8 aliphatic rings. The zero-order chi connectivity index (χ0) is 97.3. The molecule has 0 spiro atoms. The van der Waals surface area contributed by atoms with E-state index in [-0.39, 0.29) is 59.5 Å². The summed E-state index contributed by atoms with van der Waals surface area (Å²) in [6.45, 7) is 34.3. The molecule has 2 aromatic rings. The van der Waals surface area contributed by atoms with Crippen LogP contribution in [0.5, 0.6) is 0 Å². The van der Waals surface area contributed by atoms with E-state index in [2.05, 4.69) is 67.2 Å². The molecule has 6 aliphatic carbocycles. The molecular weight excluding hydrogens is 1620 g/mol. The van der Waals surface area contributed by atoms with Crippen LogP contribution >= 0.6 is 0 Å². The molecule has 4 amide bonds. The summed E-state index contributed by atoms with van der Waals surface area (Å²) in [5.74, 6) is -4.46. The predicted octanol–water partition coefficient (Wildman–Crippen LogP) is 17.3. The maximum Gasteiger partial charge on any atom is 0.333 e. The van der Waals surface area contributed by atoms with Gasteiger partial charge in [-0.3, -0.25) is 72.0 Å². The van der Waals surface area contributed by atoms with E-state index in [0.29, 0.717) is 88.5 Å². The number of hydrogen-bond acceptors (Lipinski definition) is 20. The molecule has 10 rings (SSSR count). The summed E-state index contributed by atoms with van der Waals surface area (Å²) in [5.41, 5.74) is 8.68. The lowest BCUT2D eigenvalue weighted by atomic mass is 9.90. The highest BCUT2D eigenvalue weighted by molar-refractivity contribution is 6.30. The van der Waals surface area contributed by atoms with E-state index in [4.69, 9.17) is 40.9 Å². The molecule has 0 bridgehead atoms. The van der Waals surface area contributed by atoms with Crippen LogP contribution in [0.15, 0.2) is 166 Å². The molecule has 28 nitrogen and oxygen atoms in total. The third kappa shape index (κ3) is 63.4. The molecule has 28 heteroatoms. The molecule has 0 aromatic heterocycles. The van der Waals surface area contributed by atoms with Gasteiger partial charge in [-0.15, -0.1) is 0 Å². The van der Waals surface area contributed by atoms with Crippen molar-refractivity contribution in [1.82, 2.24) is 0 Å².